The first-order chi connectivity index (χ1) is 10.8. The van der Waals surface area contributed by atoms with Crippen LogP contribution in [0.4, 0.5) is 5.82 Å². The number of fused-ring (bicyclic) bond motifs is 1. The van der Waals surface area contributed by atoms with E-state index in [2.05, 4.69) is 44.9 Å². The van der Waals surface area contributed by atoms with Crippen LogP contribution in [0.1, 0.15) is 18.4 Å². The number of allylic oxidation sites excluding steroid dienone is 1. The summed E-state index contributed by atoms with van der Waals surface area (Å²) in [6, 6.07) is 8.50. The summed E-state index contributed by atoms with van der Waals surface area (Å²) >= 11 is 0. The fourth-order valence-electron chi connectivity index (χ4n) is 2.59. The summed E-state index contributed by atoms with van der Waals surface area (Å²) in [4.78, 5) is 8.71. The molecule has 114 valence electrons. The average Bonchev–Trinajstić information content (AvgIpc) is 2.66. The molecule has 0 fully saturated rings. The largest absolute Gasteiger partial charge is 0.386 e. The van der Waals surface area contributed by atoms with E-state index in [9.17, 15) is 0 Å². The highest BCUT2D eigenvalue weighted by Crippen LogP contribution is 2.25. The highest BCUT2D eigenvalue weighted by atomic mass is 15.0. The Morgan fingerprint density at radius 2 is 2.14 bits per heavy atom. The molecule has 0 amide bonds. The van der Waals surface area contributed by atoms with Crippen molar-refractivity contribution in [1.82, 2.24) is 10.3 Å². The standard InChI is InChI=1S/C17H21N5/c1-19-17-8-15-7-12(4-5-14(15)10-22-17)13-3-2-6-20-11-16(18)21-9-13/h4-5,7-10,20H,2-3,6,11H2,1H3,(H2,18,21)(H,19,22)/b13-9+. The van der Waals surface area contributed by atoms with Gasteiger partial charge in [0.15, 0.2) is 0 Å². The minimum atomic E-state index is 0.627. The van der Waals surface area contributed by atoms with Crippen LogP contribution in [0.25, 0.3) is 16.3 Å². The number of nitrogens with zero attached hydrogens (tertiary/aromatic N) is 2. The molecule has 1 aliphatic rings. The van der Waals surface area contributed by atoms with Crippen LogP contribution in [0.3, 0.4) is 0 Å². The molecule has 1 aromatic heterocycles. The Morgan fingerprint density at radius 1 is 1.23 bits per heavy atom. The third-order valence-corrected chi connectivity index (χ3v) is 3.84. The van der Waals surface area contributed by atoms with E-state index in [1.165, 1.54) is 16.5 Å². The summed E-state index contributed by atoms with van der Waals surface area (Å²) < 4.78 is 0. The molecule has 0 saturated heterocycles. The smallest absolute Gasteiger partial charge is 0.126 e. The van der Waals surface area contributed by atoms with Gasteiger partial charge in [0.25, 0.3) is 0 Å². The molecule has 0 atom stereocenters. The third kappa shape index (κ3) is 3.26. The quantitative estimate of drug-likeness (QED) is 0.795. The van der Waals surface area contributed by atoms with Crippen molar-refractivity contribution >= 4 is 28.0 Å². The lowest BCUT2D eigenvalue weighted by Crippen LogP contribution is -2.29. The second-order valence-electron chi connectivity index (χ2n) is 5.44. The van der Waals surface area contributed by atoms with Gasteiger partial charge in [-0.2, -0.15) is 0 Å². The maximum atomic E-state index is 5.87. The van der Waals surface area contributed by atoms with E-state index in [1.54, 1.807) is 0 Å². The van der Waals surface area contributed by atoms with Gasteiger partial charge in [-0.05, 0) is 48.0 Å². The fraction of sp³-hybridized carbons (Fsp3) is 0.294. The highest BCUT2D eigenvalue weighted by molar-refractivity contribution is 5.88. The van der Waals surface area contributed by atoms with E-state index >= 15 is 0 Å². The molecule has 0 bridgehead atoms. The van der Waals surface area contributed by atoms with Crippen LogP contribution >= 0.6 is 0 Å². The van der Waals surface area contributed by atoms with E-state index in [1.807, 2.05) is 19.4 Å². The SMILES string of the molecule is CNc1cc2cc(/C3=C/N=C(\N)CNCCC3)ccc2cn1. The molecule has 5 heteroatoms. The number of nitrogens with one attached hydrogen (secondary N) is 2. The Hall–Kier alpha value is -2.40. The number of hydrogen-bond acceptors (Lipinski definition) is 5. The molecule has 22 heavy (non-hydrogen) atoms. The molecule has 2 heterocycles. The van der Waals surface area contributed by atoms with Crippen molar-refractivity contribution in [3.8, 4) is 0 Å². The van der Waals surface area contributed by atoms with Gasteiger partial charge in [0.05, 0.1) is 6.54 Å². The number of aliphatic imine (C=N–C) groups is 1. The van der Waals surface area contributed by atoms with E-state index in [4.69, 9.17) is 5.73 Å². The predicted octanol–water partition coefficient (Wildman–Crippen LogP) is 2.36. The van der Waals surface area contributed by atoms with Crippen molar-refractivity contribution in [2.24, 2.45) is 10.7 Å². The summed E-state index contributed by atoms with van der Waals surface area (Å²) in [5, 5.41) is 8.68. The minimum Gasteiger partial charge on any atom is -0.386 e. The van der Waals surface area contributed by atoms with Crippen LogP contribution in [0, 0.1) is 0 Å². The normalized spacial score (nSPS) is 21.0. The zero-order chi connectivity index (χ0) is 15.4. The molecule has 0 saturated carbocycles. The first kappa shape index (κ1) is 14.5. The Bertz CT molecular complexity index is 733. The van der Waals surface area contributed by atoms with Gasteiger partial charge in [-0.15, -0.1) is 0 Å². The van der Waals surface area contributed by atoms with Crippen LogP contribution in [-0.2, 0) is 0 Å². The molecule has 1 aliphatic heterocycles. The monoisotopic (exact) mass is 295 g/mol. The van der Waals surface area contributed by atoms with Crippen molar-refractivity contribution in [3.05, 3.63) is 42.2 Å². The van der Waals surface area contributed by atoms with Crippen molar-refractivity contribution < 1.29 is 0 Å². The number of nitrogens with two attached hydrogens (primary N) is 1. The summed E-state index contributed by atoms with van der Waals surface area (Å²) in [5.74, 6) is 1.50. The molecule has 0 spiro atoms. The first-order valence-electron chi connectivity index (χ1n) is 7.56. The summed E-state index contributed by atoms with van der Waals surface area (Å²) in [5.41, 5.74) is 8.28. The number of hydrogen-bond donors (Lipinski definition) is 3. The van der Waals surface area contributed by atoms with E-state index in [0.29, 0.717) is 12.4 Å². The number of aromatic nitrogens is 1. The number of amidine groups is 1. The number of rotatable bonds is 2. The maximum Gasteiger partial charge on any atom is 0.126 e. The Morgan fingerprint density at radius 3 is 3.00 bits per heavy atom. The van der Waals surface area contributed by atoms with Crippen molar-refractivity contribution in [1.29, 1.82) is 0 Å². The molecule has 3 rings (SSSR count). The number of pyridine rings is 1. The molecule has 4 N–H and O–H groups in total. The zero-order valence-corrected chi connectivity index (χ0v) is 12.8. The van der Waals surface area contributed by atoms with Crippen LogP contribution in [-0.4, -0.2) is 31.0 Å². The van der Waals surface area contributed by atoms with Crippen LogP contribution in [0.15, 0.2) is 41.7 Å². The van der Waals surface area contributed by atoms with Crippen molar-refractivity contribution in [2.75, 3.05) is 25.5 Å². The van der Waals surface area contributed by atoms with Crippen molar-refractivity contribution in [2.45, 2.75) is 12.8 Å². The second-order valence-corrected chi connectivity index (χ2v) is 5.44. The Kier molecular flexibility index (Phi) is 4.34. The molecular weight excluding hydrogens is 274 g/mol. The van der Waals surface area contributed by atoms with Gasteiger partial charge in [0.2, 0.25) is 0 Å². The van der Waals surface area contributed by atoms with E-state index in [-0.39, 0.29) is 0 Å². The fourth-order valence-corrected chi connectivity index (χ4v) is 2.59. The lowest BCUT2D eigenvalue weighted by atomic mass is 9.99. The third-order valence-electron chi connectivity index (χ3n) is 3.84. The van der Waals surface area contributed by atoms with Gasteiger partial charge in [0.1, 0.15) is 11.7 Å². The highest BCUT2D eigenvalue weighted by Gasteiger charge is 2.06. The Labute approximate surface area is 130 Å². The lowest BCUT2D eigenvalue weighted by Gasteiger charge is -2.09. The molecule has 2 aromatic rings. The van der Waals surface area contributed by atoms with Gasteiger partial charge in [-0.25, -0.2) is 9.98 Å². The van der Waals surface area contributed by atoms with Crippen LogP contribution < -0.4 is 16.4 Å². The van der Waals surface area contributed by atoms with Gasteiger partial charge < -0.3 is 16.4 Å². The predicted molar refractivity (Wildman–Crippen MR) is 93.0 cm³/mol. The number of benzene rings is 1. The Balaban J connectivity index is 2.00. The van der Waals surface area contributed by atoms with Crippen LogP contribution in [0.2, 0.25) is 0 Å². The van der Waals surface area contributed by atoms with Gasteiger partial charge in [-0.1, -0.05) is 12.1 Å². The van der Waals surface area contributed by atoms with Gasteiger partial charge >= 0.3 is 0 Å². The molecular formula is C17H21N5. The molecule has 1 aromatic carbocycles. The topological polar surface area (TPSA) is 75.3 Å². The lowest BCUT2D eigenvalue weighted by molar-refractivity contribution is 0.716. The zero-order valence-electron chi connectivity index (χ0n) is 12.8. The maximum absolute atomic E-state index is 5.87. The molecule has 0 radical (unpaired) electrons. The number of anilines is 1. The molecule has 5 nitrogen and oxygen atoms in total. The van der Waals surface area contributed by atoms with Gasteiger partial charge in [0, 0.05) is 24.8 Å². The van der Waals surface area contributed by atoms with E-state index in [0.717, 1.165) is 30.6 Å². The second kappa shape index (κ2) is 6.58. The summed E-state index contributed by atoms with van der Waals surface area (Å²) in [7, 11) is 1.88. The van der Waals surface area contributed by atoms with E-state index < -0.39 is 0 Å². The van der Waals surface area contributed by atoms with Crippen LogP contribution in [0.5, 0.6) is 0 Å². The summed E-state index contributed by atoms with van der Waals surface area (Å²) in [6.07, 6.45) is 5.86. The first-order valence-corrected chi connectivity index (χ1v) is 7.56. The molecule has 0 unspecified atom stereocenters. The van der Waals surface area contributed by atoms with Crippen molar-refractivity contribution in [3.63, 3.8) is 0 Å². The average molecular weight is 295 g/mol. The summed E-state index contributed by atoms with van der Waals surface area (Å²) in [6.45, 7) is 1.60. The minimum absolute atomic E-state index is 0.627. The van der Waals surface area contributed by atoms with Gasteiger partial charge in [-0.3, -0.25) is 0 Å². The molecule has 0 aliphatic carbocycles.